The van der Waals surface area contributed by atoms with Crippen molar-refractivity contribution in [3.8, 4) is 0 Å². The van der Waals surface area contributed by atoms with Crippen LogP contribution in [0.25, 0.3) is 6.08 Å². The van der Waals surface area contributed by atoms with Gasteiger partial charge in [-0.1, -0.05) is 12.7 Å². The highest BCUT2D eigenvalue weighted by Crippen LogP contribution is 2.21. The number of benzene rings is 1. The first-order chi connectivity index (χ1) is 12.0. The lowest BCUT2D eigenvalue weighted by Crippen LogP contribution is -2.56. The normalized spacial score (nSPS) is 17.8. The molecule has 1 aliphatic heterocycles. The Bertz CT molecular complexity index is 725. The van der Waals surface area contributed by atoms with Crippen LogP contribution >= 0.6 is 0 Å². The van der Waals surface area contributed by atoms with Crippen LogP contribution in [0.5, 0.6) is 0 Å². The maximum Gasteiger partial charge on any atom is 0.410 e. The zero-order valence-corrected chi connectivity index (χ0v) is 16.1. The maximum atomic E-state index is 14.3. The average Bonchev–Trinajstić information content (AvgIpc) is 2.52. The van der Waals surface area contributed by atoms with E-state index >= 15 is 0 Å². The molecular weight excluding hydrogens is 335 g/mol. The lowest BCUT2D eigenvalue weighted by Gasteiger charge is -2.40. The van der Waals surface area contributed by atoms with E-state index in [1.54, 1.807) is 22.8 Å². The van der Waals surface area contributed by atoms with Crippen molar-refractivity contribution in [1.29, 1.82) is 0 Å². The standard InChI is InChI=1S/C20H27FN2O3/c1-7-15-11-16(17(21)10-13(15)2)18(24)23-9-8-22(12-14(23)3)19(25)26-20(4,5)6/h7,10-11,14H,1,8-9,12H2,2-6H3. The molecule has 0 spiro atoms. The highest BCUT2D eigenvalue weighted by molar-refractivity contribution is 5.95. The Labute approximate surface area is 154 Å². The van der Waals surface area contributed by atoms with Gasteiger partial charge in [-0.15, -0.1) is 0 Å². The Morgan fingerprint density at radius 1 is 1.31 bits per heavy atom. The first kappa shape index (κ1) is 19.9. The van der Waals surface area contributed by atoms with Crippen molar-refractivity contribution in [1.82, 2.24) is 9.80 Å². The van der Waals surface area contributed by atoms with Crippen LogP contribution in [0.2, 0.25) is 0 Å². The molecule has 1 aliphatic rings. The predicted molar refractivity (Wildman–Crippen MR) is 99.5 cm³/mol. The van der Waals surface area contributed by atoms with Gasteiger partial charge >= 0.3 is 6.09 Å². The van der Waals surface area contributed by atoms with Gasteiger partial charge in [0.1, 0.15) is 11.4 Å². The van der Waals surface area contributed by atoms with Crippen molar-refractivity contribution in [2.24, 2.45) is 0 Å². The van der Waals surface area contributed by atoms with Crippen LogP contribution in [0.15, 0.2) is 18.7 Å². The van der Waals surface area contributed by atoms with E-state index in [-0.39, 0.29) is 17.5 Å². The Balaban J connectivity index is 2.13. The fraction of sp³-hybridized carbons (Fsp3) is 0.500. The molecule has 1 fully saturated rings. The summed E-state index contributed by atoms with van der Waals surface area (Å²) in [5.41, 5.74) is 0.925. The van der Waals surface area contributed by atoms with Crippen LogP contribution < -0.4 is 0 Å². The van der Waals surface area contributed by atoms with E-state index in [1.165, 1.54) is 12.1 Å². The summed E-state index contributed by atoms with van der Waals surface area (Å²) in [7, 11) is 0. The largest absolute Gasteiger partial charge is 0.444 e. The third-order valence-electron chi connectivity index (χ3n) is 4.35. The summed E-state index contributed by atoms with van der Waals surface area (Å²) in [5.74, 6) is -0.915. The Morgan fingerprint density at radius 2 is 1.96 bits per heavy atom. The van der Waals surface area contributed by atoms with Crippen molar-refractivity contribution in [2.75, 3.05) is 19.6 Å². The number of rotatable bonds is 2. The quantitative estimate of drug-likeness (QED) is 0.803. The zero-order valence-electron chi connectivity index (χ0n) is 16.1. The molecule has 1 aromatic rings. The van der Waals surface area contributed by atoms with E-state index in [0.29, 0.717) is 19.6 Å². The van der Waals surface area contributed by atoms with Crippen LogP contribution in [0.3, 0.4) is 0 Å². The van der Waals surface area contributed by atoms with Gasteiger partial charge in [-0.2, -0.15) is 0 Å². The van der Waals surface area contributed by atoms with Crippen molar-refractivity contribution in [3.05, 3.63) is 41.2 Å². The molecule has 0 N–H and O–H groups in total. The second-order valence-corrected chi connectivity index (χ2v) is 7.67. The van der Waals surface area contributed by atoms with Gasteiger partial charge in [-0.3, -0.25) is 4.79 Å². The molecule has 142 valence electrons. The van der Waals surface area contributed by atoms with E-state index < -0.39 is 17.5 Å². The molecular formula is C20H27FN2O3. The SMILES string of the molecule is C=Cc1cc(C(=O)N2CCN(C(=O)OC(C)(C)C)CC2C)c(F)cc1C. The smallest absolute Gasteiger partial charge is 0.410 e. The van der Waals surface area contributed by atoms with Crippen molar-refractivity contribution in [3.63, 3.8) is 0 Å². The van der Waals surface area contributed by atoms with Crippen molar-refractivity contribution in [2.45, 2.75) is 46.3 Å². The summed E-state index contributed by atoms with van der Waals surface area (Å²) in [4.78, 5) is 28.2. The second kappa shape index (κ2) is 7.48. The van der Waals surface area contributed by atoms with E-state index in [2.05, 4.69) is 6.58 Å². The number of carbonyl (C=O) groups excluding carboxylic acids is 2. The summed E-state index contributed by atoms with van der Waals surface area (Å²) in [6.45, 7) is 13.8. The van der Waals surface area contributed by atoms with Gasteiger partial charge in [-0.25, -0.2) is 9.18 Å². The minimum Gasteiger partial charge on any atom is -0.444 e. The fourth-order valence-corrected chi connectivity index (χ4v) is 2.98. The van der Waals surface area contributed by atoms with Crippen LogP contribution in [-0.2, 0) is 4.74 Å². The van der Waals surface area contributed by atoms with Gasteiger partial charge in [0.05, 0.1) is 5.56 Å². The third kappa shape index (κ3) is 4.42. The van der Waals surface area contributed by atoms with E-state index in [1.807, 2.05) is 27.7 Å². The summed E-state index contributed by atoms with van der Waals surface area (Å²) in [5, 5.41) is 0. The monoisotopic (exact) mass is 362 g/mol. The molecule has 0 aromatic heterocycles. The zero-order chi connectivity index (χ0) is 19.6. The topological polar surface area (TPSA) is 49.9 Å². The Kier molecular flexibility index (Phi) is 5.74. The molecule has 1 atom stereocenters. The van der Waals surface area contributed by atoms with Gasteiger partial charge in [-0.05, 0) is 57.9 Å². The lowest BCUT2D eigenvalue weighted by atomic mass is 10.0. The van der Waals surface area contributed by atoms with E-state index in [0.717, 1.165) is 11.1 Å². The number of carbonyl (C=O) groups is 2. The predicted octanol–water partition coefficient (Wildman–Crippen LogP) is 3.86. The number of amides is 2. The van der Waals surface area contributed by atoms with Crippen molar-refractivity contribution >= 4 is 18.1 Å². The first-order valence-electron chi connectivity index (χ1n) is 8.75. The van der Waals surface area contributed by atoms with Gasteiger partial charge in [0, 0.05) is 25.7 Å². The third-order valence-corrected chi connectivity index (χ3v) is 4.35. The molecule has 1 heterocycles. The van der Waals surface area contributed by atoms with Crippen LogP contribution in [0.4, 0.5) is 9.18 Å². The van der Waals surface area contributed by atoms with Crippen LogP contribution in [0, 0.1) is 12.7 Å². The number of ether oxygens (including phenoxy) is 1. The number of hydrogen-bond donors (Lipinski definition) is 0. The fourth-order valence-electron chi connectivity index (χ4n) is 2.98. The van der Waals surface area contributed by atoms with Gasteiger partial charge in [0.2, 0.25) is 0 Å². The molecule has 0 aliphatic carbocycles. The van der Waals surface area contributed by atoms with E-state index in [9.17, 15) is 14.0 Å². The number of halogens is 1. The summed E-state index contributed by atoms with van der Waals surface area (Å²) in [6.07, 6.45) is 1.21. The number of aryl methyl sites for hydroxylation is 1. The van der Waals surface area contributed by atoms with Crippen molar-refractivity contribution < 1.29 is 18.7 Å². The summed E-state index contributed by atoms with van der Waals surface area (Å²) < 4.78 is 19.7. The van der Waals surface area contributed by atoms with Crippen LogP contribution in [0.1, 0.15) is 49.2 Å². The molecule has 0 saturated carbocycles. The molecule has 6 heteroatoms. The summed E-state index contributed by atoms with van der Waals surface area (Å²) >= 11 is 0. The summed E-state index contributed by atoms with van der Waals surface area (Å²) in [6, 6.07) is 2.65. The van der Waals surface area contributed by atoms with Gasteiger partial charge in [0.25, 0.3) is 5.91 Å². The number of hydrogen-bond acceptors (Lipinski definition) is 3. The average molecular weight is 362 g/mol. The molecule has 26 heavy (non-hydrogen) atoms. The van der Waals surface area contributed by atoms with Crippen LogP contribution in [-0.4, -0.2) is 53.1 Å². The minimum absolute atomic E-state index is 0.0306. The molecule has 2 amide bonds. The lowest BCUT2D eigenvalue weighted by molar-refractivity contribution is 0.00607. The van der Waals surface area contributed by atoms with E-state index in [4.69, 9.17) is 4.74 Å². The Morgan fingerprint density at radius 3 is 2.50 bits per heavy atom. The number of nitrogens with zero attached hydrogens (tertiary/aromatic N) is 2. The van der Waals surface area contributed by atoms with Gasteiger partial charge < -0.3 is 14.5 Å². The number of piperazine rings is 1. The molecule has 1 saturated heterocycles. The molecule has 2 rings (SSSR count). The minimum atomic E-state index is -0.570. The molecule has 1 aromatic carbocycles. The molecule has 0 radical (unpaired) electrons. The highest BCUT2D eigenvalue weighted by atomic mass is 19.1. The Hall–Kier alpha value is -2.37. The first-order valence-corrected chi connectivity index (χ1v) is 8.75. The second-order valence-electron chi connectivity index (χ2n) is 7.67. The molecule has 5 nitrogen and oxygen atoms in total. The maximum absolute atomic E-state index is 14.3. The molecule has 1 unspecified atom stereocenters. The highest BCUT2D eigenvalue weighted by Gasteiger charge is 2.33. The molecule has 0 bridgehead atoms. The van der Waals surface area contributed by atoms with Gasteiger partial charge in [0.15, 0.2) is 0 Å².